The molecule has 0 aliphatic rings. The quantitative estimate of drug-likeness (QED) is 0.859. The fourth-order valence-corrected chi connectivity index (χ4v) is 1.95. The predicted octanol–water partition coefficient (Wildman–Crippen LogP) is 2.96. The summed E-state index contributed by atoms with van der Waals surface area (Å²) in [7, 11) is 3.39. The highest BCUT2D eigenvalue weighted by Gasteiger charge is 2.17. The number of likely N-dealkylation sites (N-methyl/N-ethyl adjacent to an activating group) is 1. The van der Waals surface area contributed by atoms with Crippen molar-refractivity contribution < 1.29 is 9.53 Å². The van der Waals surface area contributed by atoms with Gasteiger partial charge in [-0.05, 0) is 41.1 Å². The molecular weight excluding hydrogens is 293 g/mol. The van der Waals surface area contributed by atoms with Crippen molar-refractivity contribution >= 4 is 33.4 Å². The van der Waals surface area contributed by atoms with Crippen LogP contribution in [-0.2, 0) is 4.79 Å². The van der Waals surface area contributed by atoms with Gasteiger partial charge < -0.3 is 9.64 Å². The fraction of sp³-hybridized carbons (Fsp3) is 0.364. The molecule has 0 aliphatic carbocycles. The highest BCUT2D eigenvalue weighted by molar-refractivity contribution is 9.10. The van der Waals surface area contributed by atoms with Crippen LogP contribution >= 0.6 is 27.5 Å². The number of nitrogens with zero attached hydrogens (tertiary/aromatic N) is 1. The molecule has 1 amide bonds. The highest BCUT2D eigenvalue weighted by atomic mass is 79.9. The van der Waals surface area contributed by atoms with Gasteiger partial charge in [-0.2, -0.15) is 0 Å². The number of carbonyl (C=O) groups is 1. The van der Waals surface area contributed by atoms with Crippen molar-refractivity contribution in [2.24, 2.45) is 0 Å². The van der Waals surface area contributed by atoms with Gasteiger partial charge in [0.25, 0.3) is 5.91 Å². The van der Waals surface area contributed by atoms with E-state index < -0.39 is 6.10 Å². The van der Waals surface area contributed by atoms with E-state index >= 15 is 0 Å². The van der Waals surface area contributed by atoms with Crippen molar-refractivity contribution in [2.75, 3.05) is 14.1 Å². The van der Waals surface area contributed by atoms with Crippen LogP contribution in [0.25, 0.3) is 0 Å². The number of carbonyl (C=O) groups excluding carboxylic acids is 1. The Hall–Kier alpha value is -0.740. The number of rotatable bonds is 3. The first-order chi connectivity index (χ1) is 7.41. The van der Waals surface area contributed by atoms with Crippen molar-refractivity contribution in [1.82, 2.24) is 4.90 Å². The van der Waals surface area contributed by atoms with Gasteiger partial charge in [-0.3, -0.25) is 4.79 Å². The molecule has 5 heteroatoms. The number of hydrogen-bond acceptors (Lipinski definition) is 2. The van der Waals surface area contributed by atoms with Crippen LogP contribution in [0.2, 0.25) is 5.02 Å². The molecule has 1 unspecified atom stereocenters. The molecule has 0 aromatic heterocycles. The number of halogens is 2. The first-order valence-electron chi connectivity index (χ1n) is 4.74. The smallest absolute Gasteiger partial charge is 0.262 e. The van der Waals surface area contributed by atoms with Crippen molar-refractivity contribution in [2.45, 2.75) is 13.0 Å². The van der Waals surface area contributed by atoms with E-state index in [1.165, 1.54) is 4.90 Å². The second-order valence-electron chi connectivity index (χ2n) is 3.57. The van der Waals surface area contributed by atoms with Crippen LogP contribution in [0.4, 0.5) is 0 Å². The van der Waals surface area contributed by atoms with Crippen LogP contribution in [0, 0.1) is 0 Å². The lowest BCUT2D eigenvalue weighted by Gasteiger charge is -2.19. The fourth-order valence-electron chi connectivity index (χ4n) is 1.18. The summed E-state index contributed by atoms with van der Waals surface area (Å²) in [4.78, 5) is 13.1. The molecule has 0 aliphatic heterocycles. The second-order valence-corrected chi connectivity index (χ2v) is 4.86. The van der Waals surface area contributed by atoms with Crippen molar-refractivity contribution in [3.63, 3.8) is 0 Å². The van der Waals surface area contributed by atoms with E-state index in [2.05, 4.69) is 15.9 Å². The van der Waals surface area contributed by atoms with Gasteiger partial charge in [-0.1, -0.05) is 11.6 Å². The Morgan fingerprint density at radius 2 is 2.12 bits per heavy atom. The average molecular weight is 307 g/mol. The molecule has 1 atom stereocenters. The van der Waals surface area contributed by atoms with E-state index in [9.17, 15) is 4.79 Å². The zero-order valence-electron chi connectivity index (χ0n) is 9.33. The minimum Gasteiger partial charge on any atom is -0.480 e. The Bertz CT molecular complexity index is 396. The number of benzene rings is 1. The first-order valence-corrected chi connectivity index (χ1v) is 5.91. The maximum atomic E-state index is 11.6. The number of ether oxygens (including phenoxy) is 1. The largest absolute Gasteiger partial charge is 0.480 e. The van der Waals surface area contributed by atoms with E-state index in [4.69, 9.17) is 16.3 Å². The first kappa shape index (κ1) is 13.3. The summed E-state index contributed by atoms with van der Waals surface area (Å²) in [5.41, 5.74) is 0. The molecule has 0 spiro atoms. The van der Waals surface area contributed by atoms with Crippen LogP contribution in [0.5, 0.6) is 5.75 Å². The molecular formula is C11H13BrClNO2. The van der Waals surface area contributed by atoms with Gasteiger partial charge in [0, 0.05) is 19.1 Å². The zero-order chi connectivity index (χ0) is 12.3. The molecule has 0 saturated heterocycles. The lowest BCUT2D eigenvalue weighted by atomic mass is 10.3. The van der Waals surface area contributed by atoms with Gasteiger partial charge in [-0.15, -0.1) is 0 Å². The van der Waals surface area contributed by atoms with Crippen molar-refractivity contribution in [3.8, 4) is 5.75 Å². The van der Waals surface area contributed by atoms with E-state index in [1.54, 1.807) is 39.2 Å². The standard InChI is InChI=1S/C11H13BrClNO2/c1-7(11(15)14(2)3)16-10-5-4-8(13)6-9(10)12/h4-7H,1-3H3. The minimum atomic E-state index is -0.521. The Kier molecular flexibility index (Phi) is 4.62. The summed E-state index contributed by atoms with van der Waals surface area (Å²) < 4.78 is 6.26. The van der Waals surface area contributed by atoms with Gasteiger partial charge in [-0.25, -0.2) is 0 Å². The molecule has 0 saturated carbocycles. The monoisotopic (exact) mass is 305 g/mol. The average Bonchev–Trinajstić information content (AvgIpc) is 2.20. The summed E-state index contributed by atoms with van der Waals surface area (Å²) in [5, 5.41) is 0.616. The van der Waals surface area contributed by atoms with E-state index in [0.717, 1.165) is 4.47 Å². The van der Waals surface area contributed by atoms with Crippen LogP contribution in [0.1, 0.15) is 6.92 Å². The Balaban J connectivity index is 2.77. The van der Waals surface area contributed by atoms with Crippen LogP contribution in [0.3, 0.4) is 0 Å². The number of amides is 1. The highest BCUT2D eigenvalue weighted by Crippen LogP contribution is 2.28. The molecule has 16 heavy (non-hydrogen) atoms. The van der Waals surface area contributed by atoms with Gasteiger partial charge in [0.15, 0.2) is 6.10 Å². The van der Waals surface area contributed by atoms with Gasteiger partial charge in [0.2, 0.25) is 0 Å². The molecule has 0 N–H and O–H groups in total. The maximum absolute atomic E-state index is 11.6. The molecule has 1 aromatic rings. The topological polar surface area (TPSA) is 29.5 Å². The summed E-state index contributed by atoms with van der Waals surface area (Å²) in [5.74, 6) is 0.522. The van der Waals surface area contributed by atoms with Gasteiger partial charge in [0.1, 0.15) is 5.75 Å². The third-order valence-electron chi connectivity index (χ3n) is 1.99. The second kappa shape index (κ2) is 5.55. The Morgan fingerprint density at radius 3 is 2.62 bits per heavy atom. The Labute approximate surface area is 108 Å². The molecule has 0 fully saturated rings. The van der Waals surface area contributed by atoms with Crippen molar-refractivity contribution in [3.05, 3.63) is 27.7 Å². The summed E-state index contributed by atoms with van der Waals surface area (Å²) in [6.07, 6.45) is -0.521. The molecule has 0 bridgehead atoms. The summed E-state index contributed by atoms with van der Waals surface area (Å²) in [6.45, 7) is 1.71. The molecule has 3 nitrogen and oxygen atoms in total. The maximum Gasteiger partial charge on any atom is 0.262 e. The normalized spacial score (nSPS) is 12.1. The summed E-state index contributed by atoms with van der Waals surface area (Å²) in [6, 6.07) is 5.17. The van der Waals surface area contributed by atoms with Crippen LogP contribution < -0.4 is 4.74 Å². The van der Waals surface area contributed by atoms with Gasteiger partial charge in [0.05, 0.1) is 4.47 Å². The van der Waals surface area contributed by atoms with Crippen LogP contribution in [0.15, 0.2) is 22.7 Å². The Morgan fingerprint density at radius 1 is 1.50 bits per heavy atom. The van der Waals surface area contributed by atoms with Crippen LogP contribution in [-0.4, -0.2) is 31.0 Å². The lowest BCUT2D eigenvalue weighted by Crippen LogP contribution is -2.35. The summed E-state index contributed by atoms with van der Waals surface area (Å²) >= 11 is 9.13. The lowest BCUT2D eigenvalue weighted by molar-refractivity contribution is -0.135. The van der Waals surface area contributed by atoms with Crippen molar-refractivity contribution in [1.29, 1.82) is 0 Å². The number of hydrogen-bond donors (Lipinski definition) is 0. The van der Waals surface area contributed by atoms with E-state index in [-0.39, 0.29) is 5.91 Å². The third-order valence-corrected chi connectivity index (χ3v) is 2.84. The van der Waals surface area contributed by atoms with E-state index in [0.29, 0.717) is 10.8 Å². The third kappa shape index (κ3) is 3.39. The SMILES string of the molecule is CC(Oc1ccc(Cl)cc1Br)C(=O)N(C)C. The zero-order valence-corrected chi connectivity index (χ0v) is 11.7. The van der Waals surface area contributed by atoms with Gasteiger partial charge >= 0.3 is 0 Å². The molecule has 88 valence electrons. The molecule has 1 rings (SSSR count). The molecule has 1 aromatic carbocycles. The molecule has 0 heterocycles. The molecule has 0 radical (unpaired) electrons. The minimum absolute atomic E-state index is 0.0816. The van der Waals surface area contributed by atoms with E-state index in [1.807, 2.05) is 0 Å². The predicted molar refractivity (Wildman–Crippen MR) is 67.9 cm³/mol.